The van der Waals surface area contributed by atoms with Crippen LogP contribution < -0.4 is 5.32 Å². The van der Waals surface area contributed by atoms with Crippen molar-refractivity contribution in [2.45, 2.75) is 0 Å². The molecule has 4 aromatic rings. The molecule has 5 nitrogen and oxygen atoms in total. The molecular formula is C27H21N5. The summed E-state index contributed by atoms with van der Waals surface area (Å²) < 4.78 is 0. The fraction of sp³-hybridized carbons (Fsp3) is 0.0370. The van der Waals surface area contributed by atoms with Crippen molar-refractivity contribution in [2.75, 3.05) is 12.4 Å². The summed E-state index contributed by atoms with van der Waals surface area (Å²) >= 11 is 0. The molecule has 32 heavy (non-hydrogen) atoms. The van der Waals surface area contributed by atoms with Gasteiger partial charge in [0.15, 0.2) is 0 Å². The Labute approximate surface area is 185 Å². The lowest BCUT2D eigenvalue weighted by molar-refractivity contribution is 1.31. The van der Waals surface area contributed by atoms with Crippen molar-refractivity contribution in [3.63, 3.8) is 0 Å². The second-order valence-electron chi connectivity index (χ2n) is 7.88. The third-order valence-corrected chi connectivity index (χ3v) is 5.66. The summed E-state index contributed by atoms with van der Waals surface area (Å²) in [5.74, 6) is 0. The van der Waals surface area contributed by atoms with E-state index in [9.17, 15) is 0 Å². The minimum Gasteiger partial charge on any atom is -0.388 e. The number of rotatable bonds is 2. The summed E-state index contributed by atoms with van der Waals surface area (Å²) in [6.45, 7) is 0. The molecular weight excluding hydrogens is 394 g/mol. The third-order valence-electron chi connectivity index (χ3n) is 5.66. The predicted octanol–water partition coefficient (Wildman–Crippen LogP) is 6.36. The number of benzene rings is 1. The molecule has 5 heteroatoms. The monoisotopic (exact) mass is 415 g/mol. The Morgan fingerprint density at radius 1 is 0.594 bits per heavy atom. The molecule has 0 spiro atoms. The lowest BCUT2D eigenvalue weighted by atomic mass is 10.0. The second kappa shape index (κ2) is 7.39. The van der Waals surface area contributed by atoms with Gasteiger partial charge >= 0.3 is 0 Å². The smallest absolute Gasteiger partial charge is 0.0658 e. The van der Waals surface area contributed by atoms with Gasteiger partial charge in [0.25, 0.3) is 0 Å². The number of hydrogen-bond acceptors (Lipinski definition) is 3. The van der Waals surface area contributed by atoms with E-state index in [1.165, 1.54) is 0 Å². The number of nitrogens with one attached hydrogen (secondary N) is 3. The van der Waals surface area contributed by atoms with Gasteiger partial charge in [-0.05, 0) is 72.8 Å². The molecule has 0 saturated heterocycles. The van der Waals surface area contributed by atoms with Crippen molar-refractivity contribution in [1.82, 2.24) is 19.9 Å². The summed E-state index contributed by atoms with van der Waals surface area (Å²) in [6.07, 6.45) is 8.15. The van der Waals surface area contributed by atoms with Crippen LogP contribution in [0.2, 0.25) is 0 Å². The topological polar surface area (TPSA) is 69.4 Å². The van der Waals surface area contributed by atoms with E-state index in [0.717, 1.165) is 61.7 Å². The zero-order valence-electron chi connectivity index (χ0n) is 17.6. The van der Waals surface area contributed by atoms with Gasteiger partial charge < -0.3 is 15.3 Å². The van der Waals surface area contributed by atoms with Gasteiger partial charge in [-0.15, -0.1) is 0 Å². The van der Waals surface area contributed by atoms with Crippen molar-refractivity contribution in [1.29, 1.82) is 0 Å². The number of aromatic nitrogens is 4. The zero-order valence-corrected chi connectivity index (χ0v) is 17.6. The number of anilines is 1. The molecule has 0 saturated carbocycles. The molecule has 5 heterocycles. The van der Waals surface area contributed by atoms with E-state index in [1.807, 2.05) is 43.5 Å². The molecule has 3 N–H and O–H groups in total. The lowest BCUT2D eigenvalue weighted by Gasteiger charge is -2.07. The van der Waals surface area contributed by atoms with E-state index < -0.39 is 0 Å². The molecule has 6 rings (SSSR count). The van der Waals surface area contributed by atoms with E-state index >= 15 is 0 Å². The maximum Gasteiger partial charge on any atom is 0.0658 e. The lowest BCUT2D eigenvalue weighted by Crippen LogP contribution is -1.90. The van der Waals surface area contributed by atoms with Crippen molar-refractivity contribution < 1.29 is 0 Å². The van der Waals surface area contributed by atoms with Gasteiger partial charge in [-0.25, -0.2) is 9.97 Å². The molecule has 3 aromatic heterocycles. The summed E-state index contributed by atoms with van der Waals surface area (Å²) in [7, 11) is 1.95. The first kappa shape index (κ1) is 18.4. The summed E-state index contributed by atoms with van der Waals surface area (Å²) in [4.78, 5) is 16.5. The Bertz CT molecular complexity index is 1570. The fourth-order valence-corrected chi connectivity index (χ4v) is 4.18. The van der Waals surface area contributed by atoms with Crippen LogP contribution >= 0.6 is 0 Å². The van der Waals surface area contributed by atoms with Crippen molar-refractivity contribution in [3.8, 4) is 11.1 Å². The predicted molar refractivity (Wildman–Crippen MR) is 134 cm³/mol. The third kappa shape index (κ3) is 3.40. The summed E-state index contributed by atoms with van der Waals surface area (Å²) in [5.41, 5.74) is 11.0. The Hall–Kier alpha value is -4.38. The molecule has 2 aliphatic heterocycles. The van der Waals surface area contributed by atoms with Gasteiger partial charge in [0.05, 0.1) is 22.8 Å². The average molecular weight is 416 g/mol. The molecule has 8 bridgehead atoms. The van der Waals surface area contributed by atoms with Gasteiger partial charge in [0.2, 0.25) is 0 Å². The Kier molecular flexibility index (Phi) is 4.25. The molecule has 0 aliphatic carbocycles. The maximum atomic E-state index is 4.80. The second-order valence-corrected chi connectivity index (χ2v) is 7.88. The van der Waals surface area contributed by atoms with Crippen LogP contribution in [-0.2, 0) is 0 Å². The standard InChI is InChI=1S/C27H21N5/c1-28-26-5-3-2-4-24(26)25-15-23-14-21-9-8-19(30-21)12-17-6-7-18(29-17)13-20-10-11-22(31-20)16-27(25)32-23/h2-16,28-29,32H,1H3. The fourth-order valence-electron chi connectivity index (χ4n) is 4.18. The number of aromatic amines is 2. The first-order chi connectivity index (χ1) is 15.7. The van der Waals surface area contributed by atoms with Crippen LogP contribution in [0.4, 0.5) is 5.69 Å². The van der Waals surface area contributed by atoms with E-state index in [2.05, 4.69) is 69.9 Å². The zero-order chi connectivity index (χ0) is 21.5. The highest BCUT2D eigenvalue weighted by atomic mass is 14.8. The molecule has 2 aliphatic rings. The Balaban J connectivity index is 1.68. The highest BCUT2D eigenvalue weighted by Crippen LogP contribution is 2.32. The highest BCUT2D eigenvalue weighted by molar-refractivity contribution is 5.92. The van der Waals surface area contributed by atoms with Crippen LogP contribution in [0.5, 0.6) is 0 Å². The van der Waals surface area contributed by atoms with Crippen LogP contribution in [0.3, 0.4) is 0 Å². The van der Waals surface area contributed by atoms with Gasteiger partial charge in [-0.2, -0.15) is 0 Å². The molecule has 0 fully saturated rings. The number of para-hydroxylation sites is 1. The van der Waals surface area contributed by atoms with Crippen molar-refractivity contribution in [3.05, 3.63) is 89.5 Å². The molecule has 0 unspecified atom stereocenters. The van der Waals surface area contributed by atoms with Crippen molar-refractivity contribution in [2.24, 2.45) is 0 Å². The number of nitrogens with zero attached hydrogens (tertiary/aromatic N) is 2. The van der Waals surface area contributed by atoms with Gasteiger partial charge in [0.1, 0.15) is 0 Å². The molecule has 154 valence electrons. The first-order valence-corrected chi connectivity index (χ1v) is 10.6. The van der Waals surface area contributed by atoms with Gasteiger partial charge in [0, 0.05) is 45.9 Å². The highest BCUT2D eigenvalue weighted by Gasteiger charge is 2.10. The van der Waals surface area contributed by atoms with Crippen molar-refractivity contribution >= 4 is 52.1 Å². The number of fused-ring (bicyclic) bond motifs is 8. The number of H-pyrrole nitrogens is 2. The molecule has 1 aromatic carbocycles. The van der Waals surface area contributed by atoms with E-state index in [0.29, 0.717) is 0 Å². The SMILES string of the molecule is CNc1ccccc1-c1cc2cc3nc(cc4ccc(cc5nc(cc1[nH]2)C=C5)[nH]4)C=C3. The maximum absolute atomic E-state index is 4.80. The van der Waals surface area contributed by atoms with Crippen LogP contribution in [0.25, 0.3) is 57.5 Å². The van der Waals surface area contributed by atoms with Crippen LogP contribution in [-0.4, -0.2) is 27.0 Å². The van der Waals surface area contributed by atoms with E-state index in [-0.39, 0.29) is 0 Å². The molecule has 0 radical (unpaired) electrons. The Morgan fingerprint density at radius 2 is 1.19 bits per heavy atom. The van der Waals surface area contributed by atoms with E-state index in [1.54, 1.807) is 0 Å². The average Bonchev–Trinajstić information content (AvgIpc) is 3.59. The van der Waals surface area contributed by atoms with Crippen LogP contribution in [0.15, 0.2) is 66.7 Å². The minimum absolute atomic E-state index is 0.909. The normalized spacial score (nSPS) is 12.3. The van der Waals surface area contributed by atoms with Crippen LogP contribution in [0, 0.1) is 0 Å². The van der Waals surface area contributed by atoms with Gasteiger partial charge in [-0.3, -0.25) is 0 Å². The first-order valence-electron chi connectivity index (χ1n) is 10.6. The van der Waals surface area contributed by atoms with Crippen LogP contribution in [0.1, 0.15) is 22.8 Å². The largest absolute Gasteiger partial charge is 0.388 e. The molecule has 0 amide bonds. The summed E-state index contributed by atoms with van der Waals surface area (Å²) in [5, 5.41) is 3.30. The molecule has 0 atom stereocenters. The summed E-state index contributed by atoms with van der Waals surface area (Å²) in [6, 6.07) is 22.9. The quantitative estimate of drug-likeness (QED) is 0.308. The Morgan fingerprint density at radius 3 is 1.84 bits per heavy atom. The van der Waals surface area contributed by atoms with Gasteiger partial charge in [-0.1, -0.05) is 18.2 Å². The minimum atomic E-state index is 0.909. The van der Waals surface area contributed by atoms with E-state index in [4.69, 9.17) is 9.97 Å². The number of hydrogen-bond donors (Lipinski definition) is 3.